The Bertz CT molecular complexity index is 1630. The van der Waals surface area contributed by atoms with Gasteiger partial charge in [-0.1, -0.05) is 242 Å². The van der Waals surface area contributed by atoms with Crippen LogP contribution in [-0.4, -0.2) is 96.7 Å². The molecule has 5 atom stereocenters. The lowest BCUT2D eigenvalue weighted by Crippen LogP contribution is -2.30. The third kappa shape index (κ3) is 56.9. The van der Waals surface area contributed by atoms with Crippen LogP contribution in [0.2, 0.25) is 0 Å². The SMILES string of the molecule is CC(C)CCCCCCCCCCC(=O)OC[C@H](COP(=O)(O)OCC(O)COP(=O)(O)OC[C@@H](COC(=O)CCCCCCCCC(C)C)OC(=O)CCCCCCCCCC(C)C)OC(=O)CCCCCCCCCCC(C)C. The van der Waals surface area contributed by atoms with E-state index in [4.69, 9.17) is 37.0 Å². The predicted molar refractivity (Wildman–Crippen MR) is 321 cm³/mol. The first-order valence-corrected chi connectivity index (χ1v) is 35.2. The summed E-state index contributed by atoms with van der Waals surface area (Å²) >= 11 is 0. The molecule has 0 rings (SSSR count). The zero-order valence-corrected chi connectivity index (χ0v) is 54.2. The van der Waals surface area contributed by atoms with Crippen molar-refractivity contribution in [3.05, 3.63) is 0 Å². The molecule has 0 amide bonds. The van der Waals surface area contributed by atoms with E-state index in [9.17, 15) is 43.2 Å². The lowest BCUT2D eigenvalue weighted by Gasteiger charge is -2.21. The van der Waals surface area contributed by atoms with Gasteiger partial charge in [-0.3, -0.25) is 37.3 Å². The molecule has 0 radical (unpaired) electrons. The van der Waals surface area contributed by atoms with Crippen molar-refractivity contribution in [2.75, 3.05) is 39.6 Å². The maximum Gasteiger partial charge on any atom is 0.472 e. The Kier molecular flexibility index (Phi) is 51.1. The van der Waals surface area contributed by atoms with Gasteiger partial charge >= 0.3 is 39.5 Å². The second-order valence-corrected chi connectivity index (χ2v) is 27.3. The van der Waals surface area contributed by atoms with E-state index in [-0.39, 0.29) is 25.7 Å². The first kappa shape index (κ1) is 79.1. The zero-order chi connectivity index (χ0) is 60.4. The Morgan fingerprint density at radius 2 is 0.519 bits per heavy atom. The van der Waals surface area contributed by atoms with Crippen molar-refractivity contribution >= 4 is 39.5 Å². The minimum Gasteiger partial charge on any atom is -0.462 e. The quantitative estimate of drug-likeness (QED) is 0.0222. The Morgan fingerprint density at radius 1 is 0.309 bits per heavy atom. The van der Waals surface area contributed by atoms with Gasteiger partial charge in [0.1, 0.15) is 19.3 Å². The summed E-state index contributed by atoms with van der Waals surface area (Å²) in [4.78, 5) is 72.1. The van der Waals surface area contributed by atoms with Crippen molar-refractivity contribution in [1.29, 1.82) is 0 Å². The van der Waals surface area contributed by atoms with E-state index in [2.05, 4.69) is 55.4 Å². The van der Waals surface area contributed by atoms with Crippen LogP contribution < -0.4 is 0 Å². The van der Waals surface area contributed by atoms with E-state index in [0.717, 1.165) is 108 Å². The molecule has 17 nitrogen and oxygen atoms in total. The topological polar surface area (TPSA) is 237 Å². The van der Waals surface area contributed by atoms with Crippen LogP contribution in [0.25, 0.3) is 0 Å². The molecule has 0 bridgehead atoms. The molecule has 0 saturated heterocycles. The van der Waals surface area contributed by atoms with Crippen LogP contribution in [0.1, 0.15) is 293 Å². The predicted octanol–water partition coefficient (Wildman–Crippen LogP) is 16.6. The number of unbranched alkanes of at least 4 members (excludes halogenated alkanes) is 25. The summed E-state index contributed by atoms with van der Waals surface area (Å²) in [6.07, 6.45) is 31.1. The minimum atomic E-state index is -4.94. The lowest BCUT2D eigenvalue weighted by atomic mass is 10.0. The van der Waals surface area contributed by atoms with Gasteiger partial charge in [0.05, 0.1) is 26.4 Å². The molecule has 0 spiro atoms. The fourth-order valence-electron chi connectivity index (χ4n) is 9.08. The van der Waals surface area contributed by atoms with Crippen molar-refractivity contribution in [1.82, 2.24) is 0 Å². The molecule has 0 fully saturated rings. The fourth-order valence-corrected chi connectivity index (χ4v) is 10.7. The fraction of sp³-hybridized carbons (Fsp3) is 0.935. The first-order chi connectivity index (χ1) is 38.6. The highest BCUT2D eigenvalue weighted by Crippen LogP contribution is 2.45. The number of phosphoric ester groups is 2. The highest BCUT2D eigenvalue weighted by atomic mass is 31.2. The maximum atomic E-state index is 12.9. The number of carbonyl (C=O) groups is 4. The summed E-state index contributed by atoms with van der Waals surface area (Å²) in [6, 6.07) is 0. The number of hydrogen-bond donors (Lipinski definition) is 3. The average molecular weight is 1200 g/mol. The van der Waals surface area contributed by atoms with Gasteiger partial charge in [0.25, 0.3) is 0 Å². The summed E-state index contributed by atoms with van der Waals surface area (Å²) in [6.45, 7) is 13.8. The largest absolute Gasteiger partial charge is 0.472 e. The van der Waals surface area contributed by atoms with Gasteiger partial charge in [0, 0.05) is 25.7 Å². The Hall–Kier alpha value is -1.94. The molecule has 0 aromatic rings. The molecule has 0 aromatic carbocycles. The van der Waals surface area contributed by atoms with E-state index >= 15 is 0 Å². The van der Waals surface area contributed by atoms with Crippen LogP contribution in [0.3, 0.4) is 0 Å². The van der Waals surface area contributed by atoms with Gasteiger partial charge < -0.3 is 33.8 Å². The maximum absolute atomic E-state index is 12.9. The van der Waals surface area contributed by atoms with Gasteiger partial charge in [-0.15, -0.1) is 0 Å². The first-order valence-electron chi connectivity index (χ1n) is 32.2. The number of carbonyl (C=O) groups excluding carboxylic acids is 4. The van der Waals surface area contributed by atoms with Gasteiger partial charge in [-0.05, 0) is 49.4 Å². The van der Waals surface area contributed by atoms with E-state index in [1.54, 1.807) is 0 Å². The van der Waals surface area contributed by atoms with Crippen LogP contribution >= 0.6 is 15.6 Å². The summed E-state index contributed by atoms with van der Waals surface area (Å²) in [5.74, 6) is 0.673. The number of esters is 4. The highest BCUT2D eigenvalue weighted by molar-refractivity contribution is 7.47. The molecule has 0 aromatic heterocycles. The van der Waals surface area contributed by atoms with E-state index < -0.39 is 97.5 Å². The van der Waals surface area contributed by atoms with Crippen LogP contribution in [0.15, 0.2) is 0 Å². The van der Waals surface area contributed by atoms with Crippen molar-refractivity contribution in [3.8, 4) is 0 Å². The molecule has 81 heavy (non-hydrogen) atoms. The Labute approximate surface area is 492 Å². The van der Waals surface area contributed by atoms with E-state index in [0.29, 0.717) is 37.5 Å². The van der Waals surface area contributed by atoms with Crippen LogP contribution in [-0.2, 0) is 65.4 Å². The third-order valence-electron chi connectivity index (χ3n) is 14.1. The number of phosphoric acid groups is 2. The summed E-state index contributed by atoms with van der Waals surface area (Å²) in [5.41, 5.74) is 0. The monoisotopic (exact) mass is 1200 g/mol. The molecular weight excluding hydrogens is 1080 g/mol. The van der Waals surface area contributed by atoms with Crippen molar-refractivity contribution in [2.45, 2.75) is 311 Å². The molecule has 3 N–H and O–H groups in total. The molecule has 19 heteroatoms. The second kappa shape index (κ2) is 52.4. The molecule has 0 aliphatic heterocycles. The zero-order valence-electron chi connectivity index (χ0n) is 52.4. The Morgan fingerprint density at radius 3 is 0.765 bits per heavy atom. The van der Waals surface area contributed by atoms with Crippen molar-refractivity contribution < 1.29 is 80.2 Å². The molecule has 0 aliphatic rings. The molecule has 3 unspecified atom stereocenters. The second-order valence-electron chi connectivity index (χ2n) is 24.3. The van der Waals surface area contributed by atoms with Crippen LogP contribution in [0.5, 0.6) is 0 Å². The lowest BCUT2D eigenvalue weighted by molar-refractivity contribution is -0.161. The summed E-state index contributed by atoms with van der Waals surface area (Å²) in [7, 11) is -9.88. The number of aliphatic hydroxyl groups excluding tert-OH is 1. The highest BCUT2D eigenvalue weighted by Gasteiger charge is 2.30. The van der Waals surface area contributed by atoms with Gasteiger partial charge in [-0.2, -0.15) is 0 Å². The average Bonchev–Trinajstić information content (AvgIpc) is 3.40. The minimum absolute atomic E-state index is 0.102. The standard InChI is InChI=1S/C62H120O17P2/c1-52(2)38-30-22-14-9-11-17-26-34-42-59(64)72-48-57(78-61(66)44-36-28-18-12-10-15-23-31-39-53(3)4)50-76-80(68,69)74-46-56(63)47-75-81(70,71)77-51-58(49-73-60(65)43-35-27-21-20-25-33-41-55(7)8)79-62(67)45-37-29-19-13-16-24-32-40-54(5)6/h52-58,63H,9-51H2,1-8H3,(H,68,69)(H,70,71)/t56?,57-,58-/m1/s1. The van der Waals surface area contributed by atoms with Gasteiger partial charge in [0.2, 0.25) is 0 Å². The molecule has 0 heterocycles. The number of aliphatic hydroxyl groups is 1. The summed E-state index contributed by atoms with van der Waals surface area (Å²) < 4.78 is 67.8. The van der Waals surface area contributed by atoms with Crippen LogP contribution in [0, 0.1) is 23.7 Å². The van der Waals surface area contributed by atoms with Gasteiger partial charge in [0.15, 0.2) is 12.2 Å². The number of rotatable bonds is 59. The summed E-state index contributed by atoms with van der Waals surface area (Å²) in [5, 5.41) is 10.5. The number of ether oxygens (including phenoxy) is 4. The molecule has 0 saturated carbocycles. The Balaban J connectivity index is 5.25. The van der Waals surface area contributed by atoms with E-state index in [1.165, 1.54) is 89.9 Å². The van der Waals surface area contributed by atoms with E-state index in [1.807, 2.05) is 0 Å². The van der Waals surface area contributed by atoms with Crippen molar-refractivity contribution in [2.24, 2.45) is 23.7 Å². The molecule has 0 aliphatic carbocycles. The molecule has 480 valence electrons. The smallest absolute Gasteiger partial charge is 0.462 e. The normalized spacial score (nSPS) is 14.5. The van der Waals surface area contributed by atoms with Crippen LogP contribution in [0.4, 0.5) is 0 Å². The molecular formula is C62H120O17P2. The van der Waals surface area contributed by atoms with Gasteiger partial charge in [-0.25, -0.2) is 9.13 Å². The number of hydrogen-bond acceptors (Lipinski definition) is 15. The third-order valence-corrected chi connectivity index (χ3v) is 16.0. The van der Waals surface area contributed by atoms with Crippen molar-refractivity contribution in [3.63, 3.8) is 0 Å².